The van der Waals surface area contributed by atoms with E-state index in [0.29, 0.717) is 13.2 Å². The Balaban J connectivity index is 2.12. The van der Waals surface area contributed by atoms with Gasteiger partial charge in [0.15, 0.2) is 0 Å². The highest BCUT2D eigenvalue weighted by atomic mass is 19.1. The molecule has 0 saturated heterocycles. The highest BCUT2D eigenvalue weighted by molar-refractivity contribution is 5.84. The summed E-state index contributed by atoms with van der Waals surface area (Å²) >= 11 is 0. The van der Waals surface area contributed by atoms with Crippen LogP contribution in [0.25, 0.3) is 10.9 Å². The molecule has 1 aromatic carbocycles. The molecular weight excluding hydrogens is 279 g/mol. The number of halogens is 1. The Kier molecular flexibility index (Phi) is 6.01. The van der Waals surface area contributed by atoms with Gasteiger partial charge < -0.3 is 9.72 Å². The number of aromatic nitrogens is 1. The minimum Gasteiger partial charge on any atom is -0.494 e. The lowest BCUT2D eigenvalue weighted by atomic mass is 10.1. The van der Waals surface area contributed by atoms with Crippen LogP contribution in [0, 0.1) is 0 Å². The largest absolute Gasteiger partial charge is 0.494 e. The third-order valence-corrected chi connectivity index (χ3v) is 3.93. The summed E-state index contributed by atoms with van der Waals surface area (Å²) in [4.78, 5) is 5.40. The molecule has 0 bridgehead atoms. The maximum absolute atomic E-state index is 12.9. The van der Waals surface area contributed by atoms with Gasteiger partial charge in [-0.05, 0) is 44.0 Å². The highest BCUT2D eigenvalue weighted by Gasteiger charge is 2.13. The lowest BCUT2D eigenvalue weighted by Crippen LogP contribution is -2.36. The Bertz CT molecular complexity index is 608. The Hall–Kier alpha value is -1.81. The number of fused-ring (bicyclic) bond motifs is 1. The minimum absolute atomic E-state index is 0.0813. The predicted molar refractivity (Wildman–Crippen MR) is 90.4 cm³/mol. The van der Waals surface area contributed by atoms with Gasteiger partial charge in [0.05, 0.1) is 6.61 Å². The zero-order valence-electron chi connectivity index (χ0n) is 13.4. The summed E-state index contributed by atoms with van der Waals surface area (Å²) in [6, 6.07) is 6.00. The summed E-state index contributed by atoms with van der Waals surface area (Å²) in [5.74, 6) is 0.885. The third-order valence-electron chi connectivity index (χ3n) is 3.93. The number of nitrogens with zero attached hydrogens (tertiary/aromatic N) is 1. The normalized spacial score (nSPS) is 12.7. The van der Waals surface area contributed by atoms with Crippen molar-refractivity contribution >= 4 is 10.9 Å². The van der Waals surface area contributed by atoms with Crippen LogP contribution in [0.15, 0.2) is 37.1 Å². The Labute approximate surface area is 131 Å². The first-order valence-corrected chi connectivity index (χ1v) is 7.83. The third kappa shape index (κ3) is 3.89. The first kappa shape index (κ1) is 16.6. The van der Waals surface area contributed by atoms with E-state index in [1.807, 2.05) is 38.3 Å². The number of rotatable bonds is 9. The molecule has 0 aliphatic rings. The molecule has 0 aliphatic carbocycles. The van der Waals surface area contributed by atoms with Gasteiger partial charge in [-0.1, -0.05) is 6.08 Å². The molecule has 2 rings (SSSR count). The second-order valence-corrected chi connectivity index (χ2v) is 5.49. The van der Waals surface area contributed by atoms with Crippen LogP contribution in [-0.4, -0.2) is 42.3 Å². The molecule has 0 aliphatic heterocycles. The van der Waals surface area contributed by atoms with Gasteiger partial charge in [-0.3, -0.25) is 4.90 Å². The summed E-state index contributed by atoms with van der Waals surface area (Å²) in [5, 5.41) is 1.18. The van der Waals surface area contributed by atoms with Gasteiger partial charge >= 0.3 is 0 Å². The average molecular weight is 304 g/mol. The standard InChI is InChI=1S/C18H25FN2O/c1-4-9-21(14(3)12-19)10-8-15-13-20-18-7-6-16(22-5-2)11-17(15)18/h4,6-7,11,13-14,20H,1,5,8-10,12H2,2-3H3. The summed E-state index contributed by atoms with van der Waals surface area (Å²) in [7, 11) is 0. The first-order chi connectivity index (χ1) is 10.7. The summed E-state index contributed by atoms with van der Waals surface area (Å²) in [5.41, 5.74) is 2.34. The molecule has 1 N–H and O–H groups in total. The molecule has 1 unspecified atom stereocenters. The van der Waals surface area contributed by atoms with Gasteiger partial charge in [0.25, 0.3) is 0 Å². The number of hydrogen-bond donors (Lipinski definition) is 1. The maximum atomic E-state index is 12.9. The van der Waals surface area contributed by atoms with E-state index in [1.165, 1.54) is 10.9 Å². The number of nitrogens with one attached hydrogen (secondary N) is 1. The van der Waals surface area contributed by atoms with Gasteiger partial charge in [0.2, 0.25) is 0 Å². The van der Waals surface area contributed by atoms with Crippen LogP contribution in [0.2, 0.25) is 0 Å². The number of ether oxygens (including phenoxy) is 1. The lowest BCUT2D eigenvalue weighted by molar-refractivity contribution is 0.198. The van der Waals surface area contributed by atoms with Gasteiger partial charge in [0.1, 0.15) is 12.4 Å². The van der Waals surface area contributed by atoms with E-state index in [2.05, 4.69) is 22.5 Å². The van der Waals surface area contributed by atoms with Crippen LogP contribution in [0.1, 0.15) is 19.4 Å². The van der Waals surface area contributed by atoms with Crippen molar-refractivity contribution in [2.24, 2.45) is 0 Å². The summed E-state index contributed by atoms with van der Waals surface area (Å²) in [6.07, 6.45) is 4.73. The van der Waals surface area contributed by atoms with Gasteiger partial charge in [-0.15, -0.1) is 6.58 Å². The molecule has 3 nitrogen and oxygen atoms in total. The SMILES string of the molecule is C=CCN(CCc1c[nH]c2ccc(OCC)cc12)C(C)CF. The summed E-state index contributed by atoms with van der Waals surface area (Å²) in [6.45, 7) is 9.48. The number of aromatic amines is 1. The van der Waals surface area contributed by atoms with E-state index in [0.717, 1.165) is 24.2 Å². The number of H-pyrrole nitrogens is 1. The molecule has 4 heteroatoms. The molecule has 0 radical (unpaired) electrons. The van der Waals surface area contributed by atoms with Crippen LogP contribution in [-0.2, 0) is 6.42 Å². The van der Waals surface area contributed by atoms with Crippen LogP contribution in [0.3, 0.4) is 0 Å². The minimum atomic E-state index is -0.337. The fraction of sp³-hybridized carbons (Fsp3) is 0.444. The van der Waals surface area contributed by atoms with Crippen molar-refractivity contribution in [3.63, 3.8) is 0 Å². The molecule has 0 saturated carbocycles. The van der Waals surface area contributed by atoms with Crippen molar-refractivity contribution in [3.8, 4) is 5.75 Å². The number of benzene rings is 1. The first-order valence-electron chi connectivity index (χ1n) is 7.83. The lowest BCUT2D eigenvalue weighted by Gasteiger charge is -2.25. The van der Waals surface area contributed by atoms with Crippen molar-refractivity contribution in [2.75, 3.05) is 26.4 Å². The fourth-order valence-electron chi connectivity index (χ4n) is 2.64. The molecule has 0 spiro atoms. The Morgan fingerprint density at radius 1 is 1.45 bits per heavy atom. The van der Waals surface area contributed by atoms with Crippen LogP contribution >= 0.6 is 0 Å². The fourth-order valence-corrected chi connectivity index (χ4v) is 2.64. The summed E-state index contributed by atoms with van der Waals surface area (Å²) < 4.78 is 18.5. The topological polar surface area (TPSA) is 28.3 Å². The monoisotopic (exact) mass is 304 g/mol. The zero-order valence-corrected chi connectivity index (χ0v) is 13.4. The van der Waals surface area contributed by atoms with Crippen LogP contribution in [0.4, 0.5) is 4.39 Å². The van der Waals surface area contributed by atoms with Crippen molar-refractivity contribution in [1.29, 1.82) is 0 Å². The van der Waals surface area contributed by atoms with E-state index in [1.54, 1.807) is 0 Å². The molecule has 120 valence electrons. The van der Waals surface area contributed by atoms with Crippen molar-refractivity contribution < 1.29 is 9.13 Å². The van der Waals surface area contributed by atoms with E-state index in [9.17, 15) is 4.39 Å². The zero-order chi connectivity index (χ0) is 15.9. The average Bonchev–Trinajstić information content (AvgIpc) is 2.93. The number of hydrogen-bond acceptors (Lipinski definition) is 2. The molecular formula is C18H25FN2O. The van der Waals surface area contributed by atoms with Gasteiger partial charge in [-0.2, -0.15) is 0 Å². The second-order valence-electron chi connectivity index (χ2n) is 5.49. The van der Waals surface area contributed by atoms with E-state index in [-0.39, 0.29) is 12.7 Å². The quantitative estimate of drug-likeness (QED) is 0.710. The molecule has 1 atom stereocenters. The maximum Gasteiger partial charge on any atom is 0.120 e. The highest BCUT2D eigenvalue weighted by Crippen LogP contribution is 2.24. The molecule has 1 heterocycles. The van der Waals surface area contributed by atoms with E-state index in [4.69, 9.17) is 4.74 Å². The predicted octanol–water partition coefficient (Wildman–Crippen LogP) is 3.96. The number of alkyl halides is 1. The van der Waals surface area contributed by atoms with Gasteiger partial charge in [0, 0.05) is 36.2 Å². The van der Waals surface area contributed by atoms with E-state index >= 15 is 0 Å². The Morgan fingerprint density at radius 3 is 2.95 bits per heavy atom. The molecule has 0 amide bonds. The molecule has 0 fully saturated rings. The molecule has 22 heavy (non-hydrogen) atoms. The van der Waals surface area contributed by atoms with Crippen molar-refractivity contribution in [3.05, 3.63) is 42.6 Å². The van der Waals surface area contributed by atoms with Gasteiger partial charge in [-0.25, -0.2) is 4.39 Å². The van der Waals surface area contributed by atoms with Crippen molar-refractivity contribution in [1.82, 2.24) is 9.88 Å². The Morgan fingerprint density at radius 2 is 2.27 bits per heavy atom. The molecule has 2 aromatic rings. The second kappa shape index (κ2) is 7.99. The van der Waals surface area contributed by atoms with Crippen LogP contribution < -0.4 is 4.74 Å². The van der Waals surface area contributed by atoms with Crippen molar-refractivity contribution in [2.45, 2.75) is 26.3 Å². The molecule has 1 aromatic heterocycles. The smallest absolute Gasteiger partial charge is 0.120 e. The van der Waals surface area contributed by atoms with E-state index < -0.39 is 0 Å². The van der Waals surface area contributed by atoms with Crippen LogP contribution in [0.5, 0.6) is 5.75 Å².